The summed E-state index contributed by atoms with van der Waals surface area (Å²) in [5.74, 6) is -0.707. The molecule has 170 valence electrons. The fourth-order valence-corrected chi connectivity index (χ4v) is 3.85. The molecule has 0 fully saturated rings. The Bertz CT molecular complexity index is 1100. The molecule has 10 nitrogen and oxygen atoms in total. The number of anilines is 1. The van der Waals surface area contributed by atoms with E-state index in [1.54, 1.807) is 18.3 Å². The molecular weight excluding hydrogens is 501 g/mol. The first kappa shape index (κ1) is 25.6. The summed E-state index contributed by atoms with van der Waals surface area (Å²) in [6.45, 7) is -0.309. The van der Waals surface area contributed by atoms with Crippen LogP contribution in [0.4, 0.5) is 5.69 Å². The molecule has 0 radical (unpaired) electrons. The average molecular weight is 519 g/mol. The van der Waals surface area contributed by atoms with Crippen LogP contribution in [0.1, 0.15) is 16.8 Å². The zero-order chi connectivity index (χ0) is 23.8. The molecule has 0 aliphatic carbocycles. The van der Waals surface area contributed by atoms with E-state index in [1.807, 2.05) is 0 Å². The van der Waals surface area contributed by atoms with E-state index in [0.29, 0.717) is 16.3 Å². The van der Waals surface area contributed by atoms with E-state index in [-0.39, 0.29) is 12.5 Å². The van der Waals surface area contributed by atoms with E-state index in [2.05, 4.69) is 25.9 Å². The Morgan fingerprint density at radius 1 is 1.28 bits per heavy atom. The van der Waals surface area contributed by atoms with Crippen molar-refractivity contribution >= 4 is 62.4 Å². The van der Waals surface area contributed by atoms with E-state index < -0.39 is 32.1 Å². The van der Waals surface area contributed by atoms with Crippen molar-refractivity contribution in [2.75, 3.05) is 11.9 Å². The van der Waals surface area contributed by atoms with Crippen LogP contribution in [-0.4, -0.2) is 41.5 Å². The van der Waals surface area contributed by atoms with Crippen LogP contribution in [0.5, 0.6) is 0 Å². The van der Waals surface area contributed by atoms with Gasteiger partial charge in [0.2, 0.25) is 16.0 Å². The molecule has 0 bridgehead atoms. The molecule has 5 N–H and O–H groups in total. The van der Waals surface area contributed by atoms with Gasteiger partial charge in [0.15, 0.2) is 11.6 Å². The third-order valence-corrected chi connectivity index (χ3v) is 5.70. The summed E-state index contributed by atoms with van der Waals surface area (Å²) in [6.07, 6.45) is 4.11. The molecule has 1 amide bonds. The number of nitriles is 1. The number of halogens is 3. The number of rotatable bonds is 8. The third kappa shape index (κ3) is 8.49. The van der Waals surface area contributed by atoms with Gasteiger partial charge in [0.1, 0.15) is 4.33 Å². The highest BCUT2D eigenvalue weighted by Crippen LogP contribution is 2.29. The van der Waals surface area contributed by atoms with Crippen molar-refractivity contribution in [1.82, 2.24) is 15.6 Å². The smallest absolute Gasteiger partial charge is 0.251 e. The highest BCUT2D eigenvalue weighted by atomic mass is 35.5. The monoisotopic (exact) mass is 517 g/mol. The predicted octanol–water partition coefficient (Wildman–Crippen LogP) is 2.18. The lowest BCUT2D eigenvalue weighted by Gasteiger charge is -2.23. The van der Waals surface area contributed by atoms with Gasteiger partial charge >= 0.3 is 0 Å². The van der Waals surface area contributed by atoms with Crippen molar-refractivity contribution in [2.45, 2.75) is 16.1 Å². The minimum Gasteiger partial charge on any atom is -0.349 e. The minimum atomic E-state index is -4.29. The van der Waals surface area contributed by atoms with Gasteiger partial charge in [-0.1, -0.05) is 34.8 Å². The number of nitrogens with zero attached hydrogens (tertiary/aromatic N) is 3. The highest BCUT2D eigenvalue weighted by Gasteiger charge is 2.34. The van der Waals surface area contributed by atoms with Crippen LogP contribution >= 0.6 is 34.8 Å². The second-order valence-electron chi connectivity index (χ2n) is 6.37. The Labute approximate surface area is 199 Å². The number of carbonyl (C=O) groups is 1. The molecule has 0 aliphatic rings. The summed E-state index contributed by atoms with van der Waals surface area (Å²) < 4.78 is 22.4. The number of benzene rings is 1. The number of primary sulfonamides is 1. The Morgan fingerprint density at radius 2 is 1.97 bits per heavy atom. The number of guanidine groups is 1. The SMILES string of the molecule is N#CNC(=NC(CC(Cl)(Cl)CNC(=O)c1ccc(Cl)cc1)S(N)(=O)=O)Nc1cccnc1. The van der Waals surface area contributed by atoms with Crippen LogP contribution < -0.4 is 21.1 Å². The predicted molar refractivity (Wildman–Crippen MR) is 124 cm³/mol. The summed E-state index contributed by atoms with van der Waals surface area (Å²) in [4.78, 5) is 20.1. The number of sulfonamides is 1. The number of hydrogen-bond acceptors (Lipinski definition) is 6. The number of nitrogens with two attached hydrogens (primary N) is 1. The zero-order valence-electron chi connectivity index (χ0n) is 16.3. The van der Waals surface area contributed by atoms with Gasteiger partial charge in [-0.25, -0.2) is 18.5 Å². The molecule has 1 aromatic heterocycles. The van der Waals surface area contributed by atoms with Crippen LogP contribution in [0, 0.1) is 11.5 Å². The van der Waals surface area contributed by atoms with Gasteiger partial charge in [-0.15, -0.1) is 0 Å². The molecule has 2 aromatic rings. The van der Waals surface area contributed by atoms with Gasteiger partial charge in [-0.05, 0) is 36.4 Å². The number of nitrogens with one attached hydrogen (secondary N) is 3. The molecule has 1 unspecified atom stereocenters. The fourth-order valence-electron chi connectivity index (χ4n) is 2.34. The number of aliphatic imine (C=N–C) groups is 1. The summed E-state index contributed by atoms with van der Waals surface area (Å²) in [5, 5.41) is 20.5. The number of amides is 1. The molecule has 1 aromatic carbocycles. The lowest BCUT2D eigenvalue weighted by atomic mass is 10.2. The summed E-state index contributed by atoms with van der Waals surface area (Å²) in [7, 11) is -4.29. The topological polar surface area (TPSA) is 162 Å². The van der Waals surface area contributed by atoms with E-state index >= 15 is 0 Å². The molecule has 2 rings (SSSR count). The van der Waals surface area contributed by atoms with Gasteiger partial charge in [0, 0.05) is 23.2 Å². The molecule has 0 saturated carbocycles. The fraction of sp³-hybridized carbons (Fsp3) is 0.222. The molecule has 0 saturated heterocycles. The Morgan fingerprint density at radius 3 is 2.53 bits per heavy atom. The first-order valence-corrected chi connectivity index (χ1v) is 11.6. The van der Waals surface area contributed by atoms with Gasteiger partial charge in [-0.2, -0.15) is 5.26 Å². The van der Waals surface area contributed by atoms with E-state index in [1.165, 1.54) is 36.7 Å². The lowest BCUT2D eigenvalue weighted by Crippen LogP contribution is -2.41. The van der Waals surface area contributed by atoms with Crippen molar-refractivity contribution in [3.8, 4) is 6.19 Å². The maximum absolute atomic E-state index is 12.2. The summed E-state index contributed by atoms with van der Waals surface area (Å²) in [6, 6.07) is 9.32. The maximum Gasteiger partial charge on any atom is 0.251 e. The quantitative estimate of drug-likeness (QED) is 0.137. The van der Waals surface area contributed by atoms with Gasteiger partial charge in [0.25, 0.3) is 5.91 Å². The number of alkyl halides is 2. The standard InChI is InChI=1S/C18H18Cl3N7O3S/c19-13-5-3-12(4-6-13)16(29)25-10-18(20,21)8-15(32(23,30)31)28-17(26-11-22)27-14-2-1-7-24-9-14/h1-7,9,15H,8,10H2,(H,25,29)(H2,23,30,31)(H2,26,27,28). The first-order chi connectivity index (χ1) is 15.0. The highest BCUT2D eigenvalue weighted by molar-refractivity contribution is 7.89. The van der Waals surface area contributed by atoms with Crippen molar-refractivity contribution in [3.63, 3.8) is 0 Å². The van der Waals surface area contributed by atoms with Gasteiger partial charge < -0.3 is 10.6 Å². The van der Waals surface area contributed by atoms with E-state index in [9.17, 15) is 13.2 Å². The zero-order valence-corrected chi connectivity index (χ0v) is 19.4. The van der Waals surface area contributed by atoms with Crippen molar-refractivity contribution in [2.24, 2.45) is 10.1 Å². The van der Waals surface area contributed by atoms with Gasteiger partial charge in [-0.3, -0.25) is 15.1 Å². The van der Waals surface area contributed by atoms with Crippen LogP contribution in [0.2, 0.25) is 5.02 Å². The molecule has 14 heteroatoms. The van der Waals surface area contributed by atoms with Crippen LogP contribution in [0.25, 0.3) is 0 Å². The first-order valence-electron chi connectivity index (χ1n) is 8.83. The molecule has 0 aliphatic heterocycles. The van der Waals surface area contributed by atoms with Crippen LogP contribution in [0.15, 0.2) is 53.8 Å². The van der Waals surface area contributed by atoms with E-state index in [4.69, 9.17) is 45.2 Å². The number of aromatic nitrogens is 1. The second kappa shape index (κ2) is 11.3. The van der Waals surface area contributed by atoms with Crippen molar-refractivity contribution in [3.05, 3.63) is 59.4 Å². The normalized spacial score (nSPS) is 13.0. The second-order valence-corrected chi connectivity index (χ2v) is 10.2. The largest absolute Gasteiger partial charge is 0.349 e. The van der Waals surface area contributed by atoms with Crippen molar-refractivity contribution < 1.29 is 13.2 Å². The maximum atomic E-state index is 12.2. The number of hydrogen-bond donors (Lipinski definition) is 4. The third-order valence-electron chi connectivity index (χ3n) is 3.84. The van der Waals surface area contributed by atoms with Gasteiger partial charge in [0.05, 0.1) is 18.4 Å². The summed E-state index contributed by atoms with van der Waals surface area (Å²) in [5.41, 5.74) is 0.737. The Kier molecular flexibility index (Phi) is 9.06. The number of pyridine rings is 1. The molecule has 32 heavy (non-hydrogen) atoms. The van der Waals surface area contributed by atoms with Crippen LogP contribution in [-0.2, 0) is 10.0 Å². The lowest BCUT2D eigenvalue weighted by molar-refractivity contribution is 0.0952. The Hall–Kier alpha value is -2.62. The molecule has 1 atom stereocenters. The number of carbonyl (C=O) groups excluding carboxylic acids is 1. The Balaban J connectivity index is 2.15. The van der Waals surface area contributed by atoms with E-state index in [0.717, 1.165) is 0 Å². The molecule has 0 spiro atoms. The average Bonchev–Trinajstić information content (AvgIpc) is 2.72. The van der Waals surface area contributed by atoms with Crippen molar-refractivity contribution in [1.29, 1.82) is 5.26 Å². The minimum absolute atomic E-state index is 0.214. The summed E-state index contributed by atoms with van der Waals surface area (Å²) >= 11 is 18.3. The molecule has 1 heterocycles. The van der Waals surface area contributed by atoms with Crippen LogP contribution in [0.3, 0.4) is 0 Å². The molecular formula is C18H18Cl3N7O3S.